The Morgan fingerprint density at radius 2 is 2.06 bits per heavy atom. The van der Waals surface area contributed by atoms with Crippen molar-refractivity contribution in [1.29, 1.82) is 0 Å². The van der Waals surface area contributed by atoms with E-state index < -0.39 is 0 Å². The van der Waals surface area contributed by atoms with Crippen LogP contribution in [0, 0.1) is 0 Å². The summed E-state index contributed by atoms with van der Waals surface area (Å²) in [5, 5.41) is 0. The molecular weight excluding hydrogens is 404 g/mol. The smallest absolute Gasteiger partial charge is 0.236 e. The van der Waals surface area contributed by atoms with Gasteiger partial charge in [0.2, 0.25) is 5.91 Å². The number of piperidine rings is 1. The van der Waals surface area contributed by atoms with Crippen LogP contribution in [-0.2, 0) is 17.8 Å². The molecule has 0 radical (unpaired) electrons. The predicted molar refractivity (Wildman–Crippen MR) is 121 cm³/mol. The van der Waals surface area contributed by atoms with Crippen LogP contribution < -0.4 is 4.74 Å². The lowest BCUT2D eigenvalue weighted by atomic mass is 9.98. The molecule has 3 heterocycles. The molecule has 3 aromatic rings. The minimum atomic E-state index is 0.140. The number of likely N-dealkylation sites (tertiary alicyclic amines) is 1. The van der Waals surface area contributed by atoms with E-state index in [2.05, 4.69) is 9.97 Å². The maximum atomic E-state index is 12.9. The van der Waals surface area contributed by atoms with Gasteiger partial charge < -0.3 is 14.1 Å². The maximum Gasteiger partial charge on any atom is 0.236 e. The van der Waals surface area contributed by atoms with Crippen LogP contribution in [0.2, 0.25) is 0 Å². The maximum absolute atomic E-state index is 12.9. The molecular formula is C25H30N4O3. The number of rotatable bonds is 8. The SMILES string of the molecule is COc1ccc(Cc2cnc(C3CCCN(C(=O)CN(C)Cc4cccnc4)C3)o2)cc1. The molecule has 1 amide bonds. The van der Waals surface area contributed by atoms with Crippen LogP contribution in [-0.4, -0.2) is 59.5 Å². The topological polar surface area (TPSA) is 71.7 Å². The van der Waals surface area contributed by atoms with Crippen LogP contribution in [0.1, 0.15) is 41.5 Å². The van der Waals surface area contributed by atoms with E-state index in [9.17, 15) is 4.79 Å². The van der Waals surface area contributed by atoms with Crippen molar-refractivity contribution in [2.45, 2.75) is 31.7 Å². The fourth-order valence-corrected chi connectivity index (χ4v) is 4.13. The minimum Gasteiger partial charge on any atom is -0.497 e. The largest absolute Gasteiger partial charge is 0.497 e. The van der Waals surface area contributed by atoms with Crippen molar-refractivity contribution in [1.82, 2.24) is 19.8 Å². The van der Waals surface area contributed by atoms with Crippen LogP contribution in [0.3, 0.4) is 0 Å². The minimum absolute atomic E-state index is 0.140. The molecule has 0 spiro atoms. The molecule has 1 saturated heterocycles. The van der Waals surface area contributed by atoms with Crippen LogP contribution in [0.4, 0.5) is 0 Å². The van der Waals surface area contributed by atoms with Gasteiger partial charge in [0.05, 0.1) is 25.8 Å². The molecule has 0 aliphatic carbocycles. The van der Waals surface area contributed by atoms with Gasteiger partial charge in [-0.1, -0.05) is 18.2 Å². The number of benzene rings is 1. The highest BCUT2D eigenvalue weighted by atomic mass is 16.5. The highest BCUT2D eigenvalue weighted by molar-refractivity contribution is 5.78. The number of aromatic nitrogens is 2. The quantitative estimate of drug-likeness (QED) is 0.540. The van der Waals surface area contributed by atoms with Crippen molar-refractivity contribution in [3.8, 4) is 5.75 Å². The number of methoxy groups -OCH3 is 1. The average molecular weight is 435 g/mol. The standard InChI is InChI=1S/C25H30N4O3/c1-28(16-20-5-3-11-26-14-20)18-24(30)29-12-4-6-21(17-29)25-27-15-23(32-25)13-19-7-9-22(31-2)10-8-19/h3,5,7-11,14-15,21H,4,6,12-13,16-18H2,1-2H3. The van der Waals surface area contributed by atoms with Gasteiger partial charge in [0.1, 0.15) is 11.5 Å². The fraction of sp³-hybridized carbons (Fsp3) is 0.400. The zero-order chi connectivity index (χ0) is 22.3. The van der Waals surface area contributed by atoms with Gasteiger partial charge in [-0.05, 0) is 49.2 Å². The van der Waals surface area contributed by atoms with Gasteiger partial charge >= 0.3 is 0 Å². The van der Waals surface area contributed by atoms with E-state index in [-0.39, 0.29) is 11.8 Å². The van der Waals surface area contributed by atoms with Crippen molar-refractivity contribution in [2.75, 3.05) is 33.8 Å². The number of pyridine rings is 1. The zero-order valence-corrected chi connectivity index (χ0v) is 18.7. The van der Waals surface area contributed by atoms with E-state index in [1.165, 1.54) is 0 Å². The Kier molecular flexibility index (Phi) is 7.17. The molecule has 1 atom stereocenters. The monoisotopic (exact) mass is 434 g/mol. The average Bonchev–Trinajstić information content (AvgIpc) is 3.29. The van der Waals surface area contributed by atoms with Crippen LogP contribution in [0.15, 0.2) is 59.4 Å². The summed E-state index contributed by atoms with van der Waals surface area (Å²) in [6.07, 6.45) is 8.03. The lowest BCUT2D eigenvalue weighted by Gasteiger charge is -2.32. The van der Waals surface area contributed by atoms with E-state index in [4.69, 9.17) is 9.15 Å². The molecule has 1 aliphatic heterocycles. The van der Waals surface area contributed by atoms with Gasteiger partial charge in [0.25, 0.3) is 0 Å². The summed E-state index contributed by atoms with van der Waals surface area (Å²) in [5.41, 5.74) is 2.24. The highest BCUT2D eigenvalue weighted by Gasteiger charge is 2.28. The Morgan fingerprint density at radius 3 is 2.81 bits per heavy atom. The molecule has 7 heteroatoms. The first-order chi connectivity index (χ1) is 15.6. The molecule has 0 N–H and O–H groups in total. The Bertz CT molecular complexity index is 1000. The summed E-state index contributed by atoms with van der Waals surface area (Å²) in [4.78, 5) is 25.5. The van der Waals surface area contributed by atoms with E-state index in [1.54, 1.807) is 13.3 Å². The van der Waals surface area contributed by atoms with E-state index >= 15 is 0 Å². The molecule has 1 fully saturated rings. The molecule has 0 bridgehead atoms. The number of amides is 1. The van der Waals surface area contributed by atoms with E-state index in [1.807, 2.05) is 65.6 Å². The van der Waals surface area contributed by atoms with Gasteiger partial charge in [-0.2, -0.15) is 0 Å². The first-order valence-electron chi connectivity index (χ1n) is 11.0. The van der Waals surface area contributed by atoms with Crippen molar-refractivity contribution < 1.29 is 13.9 Å². The van der Waals surface area contributed by atoms with Gasteiger partial charge in [-0.25, -0.2) is 4.98 Å². The molecule has 2 aromatic heterocycles. The van der Waals surface area contributed by atoms with Crippen molar-refractivity contribution in [3.63, 3.8) is 0 Å². The van der Waals surface area contributed by atoms with Gasteiger partial charge in [-0.3, -0.25) is 14.7 Å². The van der Waals surface area contributed by atoms with Crippen molar-refractivity contribution >= 4 is 5.91 Å². The van der Waals surface area contributed by atoms with Crippen molar-refractivity contribution in [2.24, 2.45) is 0 Å². The number of oxazole rings is 1. The van der Waals surface area contributed by atoms with Gasteiger partial charge in [-0.15, -0.1) is 0 Å². The molecule has 1 aromatic carbocycles. The lowest BCUT2D eigenvalue weighted by Crippen LogP contribution is -2.43. The number of ether oxygens (including phenoxy) is 1. The summed E-state index contributed by atoms with van der Waals surface area (Å²) < 4.78 is 11.3. The normalized spacial score (nSPS) is 16.3. The summed E-state index contributed by atoms with van der Waals surface area (Å²) in [7, 11) is 3.63. The predicted octanol–water partition coefficient (Wildman–Crippen LogP) is 3.51. The fourth-order valence-electron chi connectivity index (χ4n) is 4.13. The molecule has 168 valence electrons. The first kappa shape index (κ1) is 22.0. The van der Waals surface area contributed by atoms with Gasteiger partial charge in [0.15, 0.2) is 5.89 Å². The summed E-state index contributed by atoms with van der Waals surface area (Å²) in [5.74, 6) is 2.69. The Labute approximate surface area is 189 Å². The number of nitrogens with zero attached hydrogens (tertiary/aromatic N) is 4. The second-order valence-electron chi connectivity index (χ2n) is 8.40. The second-order valence-corrected chi connectivity index (χ2v) is 8.40. The van der Waals surface area contributed by atoms with Crippen molar-refractivity contribution in [3.05, 3.63) is 77.8 Å². The molecule has 1 unspecified atom stereocenters. The second kappa shape index (κ2) is 10.4. The van der Waals surface area contributed by atoms with Crippen LogP contribution in [0.5, 0.6) is 5.75 Å². The Balaban J connectivity index is 1.31. The lowest BCUT2D eigenvalue weighted by molar-refractivity contribution is -0.133. The summed E-state index contributed by atoms with van der Waals surface area (Å²) in [6, 6.07) is 11.9. The van der Waals surface area contributed by atoms with E-state index in [0.717, 1.165) is 47.9 Å². The molecule has 7 nitrogen and oxygen atoms in total. The summed E-state index contributed by atoms with van der Waals surface area (Å²) >= 11 is 0. The van der Waals surface area contributed by atoms with Crippen LogP contribution in [0.25, 0.3) is 0 Å². The number of likely N-dealkylation sites (N-methyl/N-ethyl adjacent to an activating group) is 1. The van der Waals surface area contributed by atoms with Gasteiger partial charge in [0, 0.05) is 38.4 Å². The third-order valence-electron chi connectivity index (χ3n) is 5.81. The molecule has 0 saturated carbocycles. The van der Waals surface area contributed by atoms with Crippen LogP contribution >= 0.6 is 0 Å². The summed E-state index contributed by atoms with van der Waals surface area (Å²) in [6.45, 7) is 2.53. The molecule has 1 aliphatic rings. The Morgan fingerprint density at radius 1 is 1.22 bits per heavy atom. The van der Waals surface area contributed by atoms with E-state index in [0.29, 0.717) is 26.1 Å². The molecule has 4 rings (SSSR count). The first-order valence-corrected chi connectivity index (χ1v) is 11.0. The number of hydrogen-bond donors (Lipinski definition) is 0. The number of carbonyl (C=O) groups excluding carboxylic acids is 1. The third kappa shape index (κ3) is 5.73. The number of carbonyl (C=O) groups is 1. The third-order valence-corrected chi connectivity index (χ3v) is 5.81. The zero-order valence-electron chi connectivity index (χ0n) is 18.7. The molecule has 32 heavy (non-hydrogen) atoms. The number of hydrogen-bond acceptors (Lipinski definition) is 6. The highest BCUT2D eigenvalue weighted by Crippen LogP contribution is 2.27. The Hall–Kier alpha value is -3.19.